The number of fused-ring (bicyclic) bond motifs is 3. The van der Waals surface area contributed by atoms with Crippen molar-refractivity contribution in [2.24, 2.45) is 17.8 Å². The quantitative estimate of drug-likeness (QED) is 0.316. The van der Waals surface area contributed by atoms with Gasteiger partial charge in [0.1, 0.15) is 11.6 Å². The smallest absolute Gasteiger partial charge is 0.163 e. The SMILES string of the molecule is CCC.CCCC(CC1CC(=O)c2c3c(cc(C(C)C)c2C1)C=C(C)C3)C(CC)C(=O)CC(C)=O. The molecule has 3 atom stereocenters. The van der Waals surface area contributed by atoms with Gasteiger partial charge in [-0.2, -0.15) is 0 Å². The third-order valence-corrected chi connectivity index (χ3v) is 7.48. The molecule has 3 nitrogen and oxygen atoms in total. The van der Waals surface area contributed by atoms with E-state index in [4.69, 9.17) is 0 Å². The van der Waals surface area contributed by atoms with Gasteiger partial charge in [-0.1, -0.05) is 78.5 Å². The number of Topliss-reactive ketones (excluding diaryl/α,β-unsaturated/α-hetero) is 3. The van der Waals surface area contributed by atoms with Crippen LogP contribution >= 0.6 is 0 Å². The highest BCUT2D eigenvalue weighted by atomic mass is 16.1. The highest BCUT2D eigenvalue weighted by molar-refractivity contribution is 6.02. The number of allylic oxidation sites excluding steroid dienone is 1. The Hall–Kier alpha value is -2.03. The number of rotatable bonds is 10. The monoisotopic (exact) mass is 480 g/mol. The van der Waals surface area contributed by atoms with Crippen molar-refractivity contribution in [1.82, 2.24) is 0 Å². The molecule has 3 heteroatoms. The molecule has 0 amide bonds. The molecule has 1 aromatic rings. The molecule has 0 bridgehead atoms. The van der Waals surface area contributed by atoms with Gasteiger partial charge in [0.2, 0.25) is 0 Å². The third kappa shape index (κ3) is 7.24. The second kappa shape index (κ2) is 13.3. The van der Waals surface area contributed by atoms with E-state index in [1.165, 1.54) is 41.2 Å². The summed E-state index contributed by atoms with van der Waals surface area (Å²) in [7, 11) is 0. The highest BCUT2D eigenvalue weighted by Crippen LogP contribution is 2.42. The van der Waals surface area contributed by atoms with Crippen LogP contribution in [0.1, 0.15) is 139 Å². The molecule has 0 aromatic heterocycles. The Balaban J connectivity index is 0.00000137. The molecule has 0 heterocycles. The van der Waals surface area contributed by atoms with Crippen LogP contribution in [-0.2, 0) is 22.4 Å². The Bertz CT molecular complexity index is 950. The summed E-state index contributed by atoms with van der Waals surface area (Å²) in [5.74, 6) is 1.15. The average Bonchev–Trinajstić information content (AvgIpc) is 3.13. The maximum atomic E-state index is 13.5. The van der Waals surface area contributed by atoms with Gasteiger partial charge in [0, 0.05) is 17.9 Å². The first kappa shape index (κ1) is 29.2. The maximum Gasteiger partial charge on any atom is 0.163 e. The lowest BCUT2D eigenvalue weighted by Crippen LogP contribution is -2.30. The zero-order valence-corrected chi connectivity index (χ0v) is 23.6. The van der Waals surface area contributed by atoms with Crippen LogP contribution in [0.5, 0.6) is 0 Å². The van der Waals surface area contributed by atoms with E-state index in [1.807, 2.05) is 0 Å². The number of ketones is 3. The molecule has 194 valence electrons. The topological polar surface area (TPSA) is 51.2 Å². The van der Waals surface area contributed by atoms with E-state index in [-0.39, 0.29) is 41.5 Å². The van der Waals surface area contributed by atoms with E-state index < -0.39 is 0 Å². The Morgan fingerprint density at radius 3 is 2.26 bits per heavy atom. The van der Waals surface area contributed by atoms with Crippen molar-refractivity contribution in [2.45, 2.75) is 119 Å². The lowest BCUT2D eigenvalue weighted by atomic mass is 9.70. The molecule has 0 fully saturated rings. The summed E-state index contributed by atoms with van der Waals surface area (Å²) >= 11 is 0. The van der Waals surface area contributed by atoms with Crippen molar-refractivity contribution in [3.8, 4) is 0 Å². The van der Waals surface area contributed by atoms with E-state index in [0.29, 0.717) is 12.3 Å². The molecule has 3 rings (SSSR count). The van der Waals surface area contributed by atoms with E-state index in [2.05, 4.69) is 60.6 Å². The number of carbonyl (C=O) groups excluding carboxylic acids is 3. The Kier molecular flexibility index (Phi) is 11.1. The molecular weight excluding hydrogens is 432 g/mol. The summed E-state index contributed by atoms with van der Waals surface area (Å²) < 4.78 is 0. The number of carbonyl (C=O) groups is 3. The zero-order valence-electron chi connectivity index (χ0n) is 23.6. The number of hydrogen-bond acceptors (Lipinski definition) is 3. The van der Waals surface area contributed by atoms with Crippen molar-refractivity contribution in [3.63, 3.8) is 0 Å². The lowest BCUT2D eigenvalue weighted by molar-refractivity contribution is -0.129. The normalized spacial score (nSPS) is 18.3. The van der Waals surface area contributed by atoms with Gasteiger partial charge in [-0.15, -0.1) is 0 Å². The van der Waals surface area contributed by atoms with Crippen LogP contribution < -0.4 is 0 Å². The number of hydrogen-bond donors (Lipinski definition) is 0. The molecule has 0 saturated heterocycles. The predicted octanol–water partition coefficient (Wildman–Crippen LogP) is 8.31. The van der Waals surface area contributed by atoms with Gasteiger partial charge >= 0.3 is 0 Å². The van der Waals surface area contributed by atoms with Gasteiger partial charge < -0.3 is 0 Å². The average molecular weight is 481 g/mol. The van der Waals surface area contributed by atoms with Crippen LogP contribution in [0, 0.1) is 17.8 Å². The lowest BCUT2D eigenvalue weighted by Gasteiger charge is -2.33. The molecule has 2 aliphatic carbocycles. The molecule has 0 aliphatic heterocycles. The first-order valence-electron chi connectivity index (χ1n) is 14.0. The van der Waals surface area contributed by atoms with Crippen molar-refractivity contribution < 1.29 is 14.4 Å². The third-order valence-electron chi connectivity index (χ3n) is 7.48. The summed E-state index contributed by atoms with van der Waals surface area (Å²) in [6.07, 6.45) is 9.59. The summed E-state index contributed by atoms with van der Waals surface area (Å²) in [6, 6.07) is 2.32. The summed E-state index contributed by atoms with van der Waals surface area (Å²) in [4.78, 5) is 37.8. The molecule has 0 N–H and O–H groups in total. The van der Waals surface area contributed by atoms with E-state index in [1.54, 1.807) is 0 Å². The Labute approximate surface area is 214 Å². The fourth-order valence-electron chi connectivity index (χ4n) is 6.17. The van der Waals surface area contributed by atoms with Crippen LogP contribution in [0.15, 0.2) is 11.6 Å². The standard InChI is InChI=1S/C29H40O3.C3H8/c1-7-9-21(23(8-2)27(31)12-19(6)30)13-20-14-26-24(17(3)4)16-22-10-18(5)11-25(22)29(26)28(32)15-20;1-3-2/h10,16-17,20-21,23H,7-9,11-15H2,1-6H3;3H2,1-2H3. The molecule has 0 spiro atoms. The molecule has 3 unspecified atom stereocenters. The van der Waals surface area contributed by atoms with Crippen molar-refractivity contribution in [2.75, 3.05) is 0 Å². The zero-order chi connectivity index (χ0) is 26.3. The van der Waals surface area contributed by atoms with Crippen molar-refractivity contribution in [3.05, 3.63) is 39.5 Å². The van der Waals surface area contributed by atoms with E-state index >= 15 is 0 Å². The van der Waals surface area contributed by atoms with Crippen molar-refractivity contribution in [1.29, 1.82) is 0 Å². The van der Waals surface area contributed by atoms with Crippen LogP contribution in [0.25, 0.3) is 6.08 Å². The van der Waals surface area contributed by atoms with E-state index in [0.717, 1.165) is 44.1 Å². The van der Waals surface area contributed by atoms with Crippen LogP contribution in [0.2, 0.25) is 0 Å². The minimum atomic E-state index is -0.0770. The highest BCUT2D eigenvalue weighted by Gasteiger charge is 2.35. The minimum Gasteiger partial charge on any atom is -0.300 e. The Morgan fingerprint density at radius 2 is 1.71 bits per heavy atom. The van der Waals surface area contributed by atoms with E-state index in [9.17, 15) is 14.4 Å². The second-order valence-corrected chi connectivity index (χ2v) is 11.3. The van der Waals surface area contributed by atoms with Crippen LogP contribution in [0.3, 0.4) is 0 Å². The van der Waals surface area contributed by atoms with Crippen LogP contribution in [0.4, 0.5) is 0 Å². The fraction of sp³-hybridized carbons (Fsp3) is 0.656. The molecule has 0 saturated carbocycles. The molecule has 35 heavy (non-hydrogen) atoms. The summed E-state index contributed by atoms with van der Waals surface area (Å²) in [5, 5.41) is 0. The van der Waals surface area contributed by atoms with Gasteiger partial charge in [0.25, 0.3) is 0 Å². The minimum absolute atomic E-state index is 0.0428. The maximum absolute atomic E-state index is 13.5. The molecular formula is C32H48O3. The second-order valence-electron chi connectivity index (χ2n) is 11.3. The fourth-order valence-corrected chi connectivity index (χ4v) is 6.17. The summed E-state index contributed by atoms with van der Waals surface area (Å²) in [6.45, 7) is 16.5. The summed E-state index contributed by atoms with van der Waals surface area (Å²) in [5.41, 5.74) is 7.38. The first-order chi connectivity index (χ1) is 16.6. The van der Waals surface area contributed by atoms with Gasteiger partial charge in [0.05, 0.1) is 6.42 Å². The number of benzene rings is 1. The molecule has 0 radical (unpaired) electrons. The predicted molar refractivity (Wildman–Crippen MR) is 147 cm³/mol. The van der Waals surface area contributed by atoms with Gasteiger partial charge in [-0.05, 0) is 79.5 Å². The van der Waals surface area contributed by atoms with Gasteiger partial charge in [0.15, 0.2) is 5.78 Å². The molecule has 2 aliphatic rings. The first-order valence-corrected chi connectivity index (χ1v) is 14.0. The molecule has 1 aromatic carbocycles. The van der Waals surface area contributed by atoms with Gasteiger partial charge in [-0.25, -0.2) is 0 Å². The van der Waals surface area contributed by atoms with Gasteiger partial charge in [-0.3, -0.25) is 14.4 Å². The van der Waals surface area contributed by atoms with Crippen molar-refractivity contribution >= 4 is 23.4 Å². The largest absolute Gasteiger partial charge is 0.300 e. The Morgan fingerprint density at radius 1 is 1.06 bits per heavy atom. The van der Waals surface area contributed by atoms with Crippen LogP contribution in [-0.4, -0.2) is 17.3 Å².